The van der Waals surface area contributed by atoms with Gasteiger partial charge in [0.25, 0.3) is 0 Å². The van der Waals surface area contributed by atoms with Crippen LogP contribution in [0.15, 0.2) is 0 Å². The van der Waals surface area contributed by atoms with Gasteiger partial charge >= 0.3 is 0 Å². The predicted molar refractivity (Wildman–Crippen MR) is 76.7 cm³/mol. The van der Waals surface area contributed by atoms with Crippen LogP contribution in [0.5, 0.6) is 0 Å². The van der Waals surface area contributed by atoms with E-state index in [9.17, 15) is 0 Å². The second kappa shape index (κ2) is 5.92. The SMILES string of the molecule is CCCN(CCC1CC2CCC(C1)N2)CC1CC1. The molecule has 0 spiro atoms. The van der Waals surface area contributed by atoms with Crippen molar-refractivity contribution >= 4 is 0 Å². The highest BCUT2D eigenvalue weighted by atomic mass is 15.1. The summed E-state index contributed by atoms with van der Waals surface area (Å²) in [7, 11) is 0. The molecule has 2 nitrogen and oxygen atoms in total. The maximum absolute atomic E-state index is 3.76. The molecule has 1 N–H and O–H groups in total. The van der Waals surface area contributed by atoms with Crippen molar-refractivity contribution in [3.05, 3.63) is 0 Å². The van der Waals surface area contributed by atoms with Gasteiger partial charge in [0.2, 0.25) is 0 Å². The minimum absolute atomic E-state index is 0.872. The van der Waals surface area contributed by atoms with Gasteiger partial charge in [-0.05, 0) is 76.3 Å². The van der Waals surface area contributed by atoms with Gasteiger partial charge in [0, 0.05) is 18.6 Å². The molecule has 3 aliphatic rings. The highest BCUT2D eigenvalue weighted by Crippen LogP contribution is 2.33. The Morgan fingerprint density at radius 2 is 1.67 bits per heavy atom. The van der Waals surface area contributed by atoms with E-state index in [-0.39, 0.29) is 0 Å². The van der Waals surface area contributed by atoms with E-state index >= 15 is 0 Å². The second-order valence-electron chi connectivity index (χ2n) is 7.01. The Hall–Kier alpha value is -0.0800. The summed E-state index contributed by atoms with van der Waals surface area (Å²) in [6.45, 7) is 6.42. The molecule has 104 valence electrons. The van der Waals surface area contributed by atoms with Crippen LogP contribution in [0.2, 0.25) is 0 Å². The molecule has 2 unspecified atom stereocenters. The number of piperidine rings is 1. The first-order chi connectivity index (χ1) is 8.83. The molecule has 3 rings (SSSR count). The number of nitrogens with one attached hydrogen (secondary N) is 1. The lowest BCUT2D eigenvalue weighted by atomic mass is 9.89. The van der Waals surface area contributed by atoms with Gasteiger partial charge < -0.3 is 10.2 Å². The third kappa shape index (κ3) is 3.48. The van der Waals surface area contributed by atoms with Crippen LogP contribution in [-0.2, 0) is 0 Å². The highest BCUT2D eigenvalue weighted by Gasteiger charge is 2.33. The van der Waals surface area contributed by atoms with Crippen LogP contribution in [0.3, 0.4) is 0 Å². The fourth-order valence-electron chi connectivity index (χ4n) is 4.05. The van der Waals surface area contributed by atoms with Crippen molar-refractivity contribution in [1.82, 2.24) is 10.2 Å². The largest absolute Gasteiger partial charge is 0.311 e. The standard InChI is InChI=1S/C16H30N2/c1-2-8-18(12-13-3-4-13)9-7-14-10-15-5-6-16(11-14)17-15/h13-17H,2-12H2,1H3. The van der Waals surface area contributed by atoms with E-state index < -0.39 is 0 Å². The molecule has 2 bridgehead atoms. The Kier molecular flexibility index (Phi) is 4.25. The van der Waals surface area contributed by atoms with Gasteiger partial charge in [0.15, 0.2) is 0 Å². The number of rotatable bonds is 7. The van der Waals surface area contributed by atoms with E-state index in [4.69, 9.17) is 0 Å². The van der Waals surface area contributed by atoms with Crippen LogP contribution >= 0.6 is 0 Å². The number of nitrogens with zero attached hydrogens (tertiary/aromatic N) is 1. The molecule has 0 aromatic rings. The first-order valence-electron chi connectivity index (χ1n) is 8.32. The normalized spacial score (nSPS) is 35.3. The lowest BCUT2D eigenvalue weighted by molar-refractivity contribution is 0.212. The summed E-state index contributed by atoms with van der Waals surface area (Å²) in [4.78, 5) is 2.75. The summed E-state index contributed by atoms with van der Waals surface area (Å²) in [5.74, 6) is 2.07. The van der Waals surface area contributed by atoms with Gasteiger partial charge in [-0.1, -0.05) is 6.92 Å². The summed E-state index contributed by atoms with van der Waals surface area (Å²) < 4.78 is 0. The Morgan fingerprint density at radius 1 is 0.944 bits per heavy atom. The number of hydrogen-bond acceptors (Lipinski definition) is 2. The van der Waals surface area contributed by atoms with Crippen molar-refractivity contribution in [3.63, 3.8) is 0 Å². The third-order valence-electron chi connectivity index (χ3n) is 5.18. The Labute approximate surface area is 113 Å². The molecular weight excluding hydrogens is 220 g/mol. The minimum Gasteiger partial charge on any atom is -0.311 e. The van der Waals surface area contributed by atoms with Crippen LogP contribution in [0.1, 0.15) is 58.3 Å². The lowest BCUT2D eigenvalue weighted by Crippen LogP contribution is -2.39. The summed E-state index contributed by atoms with van der Waals surface area (Å²) >= 11 is 0. The molecule has 18 heavy (non-hydrogen) atoms. The van der Waals surface area contributed by atoms with Crippen LogP contribution in [-0.4, -0.2) is 36.6 Å². The van der Waals surface area contributed by atoms with E-state index in [1.54, 1.807) is 0 Å². The monoisotopic (exact) mass is 250 g/mol. The molecule has 0 aromatic carbocycles. The molecule has 2 saturated heterocycles. The molecule has 3 fully saturated rings. The van der Waals surface area contributed by atoms with Crippen LogP contribution in [0.4, 0.5) is 0 Å². The third-order valence-corrected chi connectivity index (χ3v) is 5.18. The number of fused-ring (bicyclic) bond motifs is 2. The van der Waals surface area contributed by atoms with Crippen molar-refractivity contribution in [2.75, 3.05) is 19.6 Å². The van der Waals surface area contributed by atoms with E-state index in [0.29, 0.717) is 0 Å². The summed E-state index contributed by atoms with van der Waals surface area (Å²) in [5.41, 5.74) is 0. The summed E-state index contributed by atoms with van der Waals surface area (Å²) in [6.07, 6.45) is 11.6. The zero-order chi connectivity index (χ0) is 12.4. The first kappa shape index (κ1) is 12.9. The predicted octanol–water partition coefficient (Wildman–Crippen LogP) is 3.03. The van der Waals surface area contributed by atoms with Crippen molar-refractivity contribution in [2.45, 2.75) is 70.4 Å². The van der Waals surface area contributed by atoms with Crippen molar-refractivity contribution < 1.29 is 0 Å². The molecular formula is C16H30N2. The average Bonchev–Trinajstić information content (AvgIpc) is 3.12. The summed E-state index contributed by atoms with van der Waals surface area (Å²) in [6, 6.07) is 1.74. The molecule has 1 saturated carbocycles. The highest BCUT2D eigenvalue weighted by molar-refractivity contribution is 4.92. The van der Waals surface area contributed by atoms with Crippen LogP contribution in [0.25, 0.3) is 0 Å². The molecule has 2 heteroatoms. The van der Waals surface area contributed by atoms with Crippen molar-refractivity contribution in [3.8, 4) is 0 Å². The molecule has 2 atom stereocenters. The van der Waals surface area contributed by atoms with Gasteiger partial charge in [-0.2, -0.15) is 0 Å². The maximum atomic E-state index is 3.76. The molecule has 0 amide bonds. The molecule has 0 radical (unpaired) electrons. The van der Waals surface area contributed by atoms with E-state index in [1.165, 1.54) is 71.0 Å². The first-order valence-corrected chi connectivity index (χ1v) is 8.32. The maximum Gasteiger partial charge on any atom is 0.00728 e. The average molecular weight is 250 g/mol. The molecule has 1 aliphatic carbocycles. The zero-order valence-electron chi connectivity index (χ0n) is 12.0. The molecule has 2 aliphatic heterocycles. The van der Waals surface area contributed by atoms with Gasteiger partial charge in [0.05, 0.1) is 0 Å². The van der Waals surface area contributed by atoms with Gasteiger partial charge in [-0.3, -0.25) is 0 Å². The lowest BCUT2D eigenvalue weighted by Gasteiger charge is -2.31. The Morgan fingerprint density at radius 3 is 2.28 bits per heavy atom. The molecule has 2 heterocycles. The fourth-order valence-corrected chi connectivity index (χ4v) is 4.05. The van der Waals surface area contributed by atoms with Gasteiger partial charge in [0.1, 0.15) is 0 Å². The van der Waals surface area contributed by atoms with Crippen molar-refractivity contribution in [1.29, 1.82) is 0 Å². The van der Waals surface area contributed by atoms with Gasteiger partial charge in [-0.15, -0.1) is 0 Å². The molecule has 0 aromatic heterocycles. The van der Waals surface area contributed by atoms with E-state index in [0.717, 1.165) is 23.9 Å². The van der Waals surface area contributed by atoms with Crippen molar-refractivity contribution in [2.24, 2.45) is 11.8 Å². The Bertz CT molecular complexity index is 248. The second-order valence-corrected chi connectivity index (χ2v) is 7.01. The quantitative estimate of drug-likeness (QED) is 0.747. The fraction of sp³-hybridized carbons (Fsp3) is 1.00. The van der Waals surface area contributed by atoms with Gasteiger partial charge in [-0.25, -0.2) is 0 Å². The summed E-state index contributed by atoms with van der Waals surface area (Å²) in [5, 5.41) is 3.76. The Balaban J connectivity index is 1.41. The van der Waals surface area contributed by atoms with E-state index in [2.05, 4.69) is 17.1 Å². The van der Waals surface area contributed by atoms with Crippen LogP contribution in [0, 0.1) is 11.8 Å². The number of hydrogen-bond donors (Lipinski definition) is 1. The zero-order valence-corrected chi connectivity index (χ0v) is 12.0. The minimum atomic E-state index is 0.872. The smallest absolute Gasteiger partial charge is 0.00728 e. The van der Waals surface area contributed by atoms with E-state index in [1.807, 2.05) is 0 Å². The topological polar surface area (TPSA) is 15.3 Å². The van der Waals surface area contributed by atoms with Crippen LogP contribution < -0.4 is 5.32 Å².